The van der Waals surface area contributed by atoms with E-state index in [0.717, 1.165) is 42.1 Å². The summed E-state index contributed by atoms with van der Waals surface area (Å²) in [6.07, 6.45) is 4.53. The molecule has 25 heavy (non-hydrogen) atoms. The third-order valence-corrected chi connectivity index (χ3v) is 3.89. The Morgan fingerprint density at radius 3 is 2.68 bits per heavy atom. The van der Waals surface area contributed by atoms with E-state index in [4.69, 9.17) is 4.99 Å². The molecule has 128 valence electrons. The number of aliphatic imine (C=N–C) groups is 1. The molecule has 0 unspecified atom stereocenters. The quantitative estimate of drug-likeness (QED) is 0.538. The summed E-state index contributed by atoms with van der Waals surface area (Å²) in [4.78, 5) is 13.5. The predicted octanol–water partition coefficient (Wildman–Crippen LogP) is 2.93. The van der Waals surface area contributed by atoms with Crippen molar-refractivity contribution in [2.24, 2.45) is 4.99 Å². The van der Waals surface area contributed by atoms with Crippen molar-refractivity contribution in [2.45, 2.75) is 19.9 Å². The molecule has 0 spiro atoms. The second kappa shape index (κ2) is 8.78. The first kappa shape index (κ1) is 16.9. The molecular formula is C20H23N5. The number of benzene rings is 1. The Kier molecular flexibility index (Phi) is 5.93. The summed E-state index contributed by atoms with van der Waals surface area (Å²) in [5, 5.41) is 7.81. The number of para-hydroxylation sites is 1. The highest BCUT2D eigenvalue weighted by Gasteiger charge is 2.02. The maximum Gasteiger partial charge on any atom is 0.191 e. The summed E-state index contributed by atoms with van der Waals surface area (Å²) in [7, 11) is 0. The van der Waals surface area contributed by atoms with Crippen LogP contribution in [-0.2, 0) is 13.0 Å². The Hall–Kier alpha value is -2.95. The van der Waals surface area contributed by atoms with Gasteiger partial charge >= 0.3 is 0 Å². The van der Waals surface area contributed by atoms with E-state index in [-0.39, 0.29) is 0 Å². The fraction of sp³-hybridized carbons (Fsp3) is 0.250. The summed E-state index contributed by atoms with van der Waals surface area (Å²) < 4.78 is 0. The van der Waals surface area contributed by atoms with Crippen LogP contribution in [0, 0.1) is 0 Å². The fourth-order valence-corrected chi connectivity index (χ4v) is 2.65. The van der Waals surface area contributed by atoms with Crippen LogP contribution >= 0.6 is 0 Å². The van der Waals surface area contributed by atoms with E-state index < -0.39 is 0 Å². The van der Waals surface area contributed by atoms with Gasteiger partial charge in [0.1, 0.15) is 0 Å². The molecule has 0 saturated carbocycles. The van der Waals surface area contributed by atoms with Crippen LogP contribution in [0.3, 0.4) is 0 Å². The molecule has 2 heterocycles. The summed E-state index contributed by atoms with van der Waals surface area (Å²) in [5.74, 6) is 0.819. The largest absolute Gasteiger partial charge is 0.357 e. The van der Waals surface area contributed by atoms with Crippen LogP contribution in [0.4, 0.5) is 0 Å². The maximum atomic E-state index is 4.71. The molecule has 0 aliphatic heterocycles. The van der Waals surface area contributed by atoms with E-state index in [2.05, 4.69) is 33.6 Å². The molecule has 0 amide bonds. The first-order valence-electron chi connectivity index (χ1n) is 8.61. The second-order valence-electron chi connectivity index (χ2n) is 5.68. The summed E-state index contributed by atoms with van der Waals surface area (Å²) >= 11 is 0. The Labute approximate surface area is 148 Å². The number of fused-ring (bicyclic) bond motifs is 1. The number of nitrogens with one attached hydrogen (secondary N) is 2. The van der Waals surface area contributed by atoms with Crippen molar-refractivity contribution < 1.29 is 0 Å². The Balaban J connectivity index is 1.65. The number of hydrogen-bond donors (Lipinski definition) is 2. The number of nitrogens with zero attached hydrogens (tertiary/aromatic N) is 3. The van der Waals surface area contributed by atoms with Gasteiger partial charge in [0.15, 0.2) is 5.96 Å². The highest BCUT2D eigenvalue weighted by molar-refractivity contribution is 5.83. The Morgan fingerprint density at radius 1 is 0.960 bits per heavy atom. The van der Waals surface area contributed by atoms with Crippen molar-refractivity contribution in [1.29, 1.82) is 0 Å². The molecule has 0 aliphatic rings. The smallest absolute Gasteiger partial charge is 0.191 e. The number of pyridine rings is 2. The maximum absolute atomic E-state index is 4.71. The van der Waals surface area contributed by atoms with Gasteiger partial charge in [-0.05, 0) is 36.8 Å². The van der Waals surface area contributed by atoms with Crippen molar-refractivity contribution in [3.05, 3.63) is 72.2 Å². The lowest BCUT2D eigenvalue weighted by Gasteiger charge is -2.11. The highest BCUT2D eigenvalue weighted by atomic mass is 15.2. The highest BCUT2D eigenvalue weighted by Crippen LogP contribution is 2.16. The number of guanidine groups is 1. The molecule has 3 rings (SSSR count). The average molecular weight is 333 g/mol. The molecule has 0 fully saturated rings. The van der Waals surface area contributed by atoms with Gasteiger partial charge in [0.25, 0.3) is 0 Å². The fourth-order valence-electron chi connectivity index (χ4n) is 2.65. The summed E-state index contributed by atoms with van der Waals surface area (Å²) in [6, 6.07) is 16.2. The van der Waals surface area contributed by atoms with E-state index in [1.54, 1.807) is 0 Å². The van der Waals surface area contributed by atoms with Gasteiger partial charge in [-0.15, -0.1) is 0 Å². The van der Waals surface area contributed by atoms with Crippen molar-refractivity contribution in [3.8, 4) is 0 Å². The second-order valence-corrected chi connectivity index (χ2v) is 5.68. The van der Waals surface area contributed by atoms with Crippen LogP contribution in [0.1, 0.15) is 18.2 Å². The minimum atomic E-state index is 0.613. The van der Waals surface area contributed by atoms with Gasteiger partial charge in [0, 0.05) is 43.0 Å². The lowest BCUT2D eigenvalue weighted by atomic mass is 10.1. The van der Waals surface area contributed by atoms with Crippen LogP contribution in [0.25, 0.3) is 10.9 Å². The standard InChI is InChI=1S/C20H23N5/c1-2-21-20(24-14-11-17-7-5-6-12-22-17)25-15-16-10-13-23-19-9-4-3-8-18(16)19/h3-10,12-13H,2,11,14-15H2,1H3,(H2,21,24,25). The zero-order chi connectivity index (χ0) is 17.3. The molecule has 2 aromatic heterocycles. The molecule has 0 radical (unpaired) electrons. The first-order valence-corrected chi connectivity index (χ1v) is 8.61. The van der Waals surface area contributed by atoms with Crippen molar-refractivity contribution >= 4 is 16.9 Å². The first-order chi connectivity index (χ1) is 12.4. The van der Waals surface area contributed by atoms with Crippen LogP contribution in [0.15, 0.2) is 65.9 Å². The van der Waals surface area contributed by atoms with E-state index in [0.29, 0.717) is 6.54 Å². The summed E-state index contributed by atoms with van der Waals surface area (Å²) in [5.41, 5.74) is 3.25. The molecule has 0 atom stereocenters. The monoisotopic (exact) mass is 333 g/mol. The lowest BCUT2D eigenvalue weighted by molar-refractivity contribution is 0.788. The van der Waals surface area contributed by atoms with E-state index in [9.17, 15) is 0 Å². The molecule has 5 heteroatoms. The molecule has 2 N–H and O–H groups in total. The Morgan fingerprint density at radius 2 is 1.84 bits per heavy atom. The number of hydrogen-bond acceptors (Lipinski definition) is 3. The number of rotatable bonds is 6. The van der Waals surface area contributed by atoms with E-state index in [1.807, 2.05) is 54.9 Å². The third kappa shape index (κ3) is 4.76. The molecule has 0 saturated heterocycles. The van der Waals surface area contributed by atoms with E-state index >= 15 is 0 Å². The normalized spacial score (nSPS) is 11.5. The van der Waals surface area contributed by atoms with Crippen LogP contribution in [0.5, 0.6) is 0 Å². The zero-order valence-electron chi connectivity index (χ0n) is 14.4. The van der Waals surface area contributed by atoms with Crippen LogP contribution < -0.4 is 10.6 Å². The Bertz CT molecular complexity index is 824. The van der Waals surface area contributed by atoms with Crippen molar-refractivity contribution in [2.75, 3.05) is 13.1 Å². The average Bonchev–Trinajstić information content (AvgIpc) is 2.67. The van der Waals surface area contributed by atoms with Gasteiger partial charge in [-0.1, -0.05) is 24.3 Å². The molecular weight excluding hydrogens is 310 g/mol. The van der Waals surface area contributed by atoms with E-state index in [1.165, 1.54) is 5.56 Å². The van der Waals surface area contributed by atoms with Crippen molar-refractivity contribution in [1.82, 2.24) is 20.6 Å². The minimum absolute atomic E-state index is 0.613. The predicted molar refractivity (Wildman–Crippen MR) is 103 cm³/mol. The van der Waals surface area contributed by atoms with Gasteiger partial charge in [0.05, 0.1) is 12.1 Å². The minimum Gasteiger partial charge on any atom is -0.357 e. The molecule has 5 nitrogen and oxygen atoms in total. The number of aromatic nitrogens is 2. The lowest BCUT2D eigenvalue weighted by Crippen LogP contribution is -2.38. The third-order valence-electron chi connectivity index (χ3n) is 3.89. The molecule has 3 aromatic rings. The molecule has 0 bridgehead atoms. The van der Waals surface area contributed by atoms with Gasteiger partial charge in [0.2, 0.25) is 0 Å². The zero-order valence-corrected chi connectivity index (χ0v) is 14.4. The topological polar surface area (TPSA) is 62.2 Å². The molecule has 0 aliphatic carbocycles. The summed E-state index contributed by atoms with van der Waals surface area (Å²) in [6.45, 7) is 4.30. The van der Waals surface area contributed by atoms with Gasteiger partial charge in [-0.2, -0.15) is 0 Å². The van der Waals surface area contributed by atoms with Crippen LogP contribution in [-0.4, -0.2) is 29.0 Å². The van der Waals surface area contributed by atoms with Gasteiger partial charge in [-0.3, -0.25) is 9.97 Å². The van der Waals surface area contributed by atoms with Crippen LogP contribution in [0.2, 0.25) is 0 Å². The van der Waals surface area contributed by atoms with Gasteiger partial charge < -0.3 is 10.6 Å². The molecule has 1 aromatic carbocycles. The van der Waals surface area contributed by atoms with Crippen molar-refractivity contribution in [3.63, 3.8) is 0 Å². The van der Waals surface area contributed by atoms with Gasteiger partial charge in [-0.25, -0.2) is 4.99 Å². The SMILES string of the molecule is CCNC(=NCc1ccnc2ccccc12)NCCc1ccccn1.